The predicted molar refractivity (Wildman–Crippen MR) is 60.5 cm³/mol. The molecule has 1 aliphatic rings. The van der Waals surface area contributed by atoms with Crippen molar-refractivity contribution < 1.29 is 9.59 Å². The maximum absolute atomic E-state index is 8.35. The van der Waals surface area contributed by atoms with E-state index in [2.05, 4.69) is 13.8 Å². The molecule has 4 nitrogen and oxygen atoms in total. The molecule has 2 N–H and O–H groups in total. The van der Waals surface area contributed by atoms with Gasteiger partial charge in [-0.25, -0.2) is 20.4 Å². The molecule has 15 heavy (non-hydrogen) atoms. The van der Waals surface area contributed by atoms with Crippen molar-refractivity contribution >= 4 is 12.2 Å². The second-order valence-electron chi connectivity index (χ2n) is 3.03. The monoisotopic (exact) mass is 214 g/mol. The second kappa shape index (κ2) is 29.3. The van der Waals surface area contributed by atoms with E-state index in [9.17, 15) is 0 Å². The van der Waals surface area contributed by atoms with Crippen molar-refractivity contribution in [3.8, 4) is 0 Å². The summed E-state index contributed by atoms with van der Waals surface area (Å²) in [5.41, 5.74) is 0. The first-order valence-corrected chi connectivity index (χ1v) is 5.32. The zero-order valence-electron chi connectivity index (χ0n) is 9.77. The molecule has 1 saturated carbocycles. The molecule has 0 radical (unpaired) electrons. The van der Waals surface area contributed by atoms with Crippen molar-refractivity contribution in [3.05, 3.63) is 0 Å². The molecule has 1 fully saturated rings. The molecule has 0 heterocycles. The van der Waals surface area contributed by atoms with E-state index in [0.717, 1.165) is 12.2 Å². The molecule has 0 aliphatic heterocycles. The zero-order valence-corrected chi connectivity index (χ0v) is 9.77. The quantitative estimate of drug-likeness (QED) is 0.477. The van der Waals surface area contributed by atoms with Gasteiger partial charge in [0.05, 0.1) is 0 Å². The number of rotatable bonds is 0. The fourth-order valence-corrected chi connectivity index (χ4v) is 1.06. The summed E-state index contributed by atoms with van der Waals surface area (Å²) >= 11 is 0. The van der Waals surface area contributed by atoms with Gasteiger partial charge in [-0.3, -0.25) is 0 Å². The second-order valence-corrected chi connectivity index (χ2v) is 3.03. The average Bonchev–Trinajstić information content (AvgIpc) is 2.24. The molecule has 0 aromatic carbocycles. The van der Waals surface area contributed by atoms with Crippen LogP contribution in [0.5, 0.6) is 0 Å². The van der Waals surface area contributed by atoms with Crippen molar-refractivity contribution in [3.63, 3.8) is 0 Å². The van der Waals surface area contributed by atoms with Crippen LogP contribution in [0.15, 0.2) is 0 Å². The van der Waals surface area contributed by atoms with Crippen LogP contribution in [0.4, 0.5) is 0 Å². The van der Waals surface area contributed by atoms with E-state index in [0.29, 0.717) is 0 Å². The van der Waals surface area contributed by atoms with Gasteiger partial charge in [0.1, 0.15) is 0 Å². The molecule has 0 atom stereocenters. The molecular weight excluding hydrogens is 192 g/mol. The molecule has 0 aromatic rings. The minimum Gasteiger partial charge on any atom is -0.222 e. The average molecular weight is 214 g/mol. The Hall–Kier alpha value is -1.24. The van der Waals surface area contributed by atoms with Crippen molar-refractivity contribution in [2.75, 3.05) is 0 Å². The van der Waals surface area contributed by atoms with Gasteiger partial charge in [0.2, 0.25) is 12.2 Å². The summed E-state index contributed by atoms with van der Waals surface area (Å²) in [5.74, 6) is 0. The van der Waals surface area contributed by atoms with Crippen LogP contribution in [0.3, 0.4) is 0 Å². The SMILES string of the molecule is C1CCCCC1.CCC.N=C=O.N=C=O. The summed E-state index contributed by atoms with van der Waals surface area (Å²) < 4.78 is 0. The normalized spacial score (nSPS) is 11.9. The van der Waals surface area contributed by atoms with Gasteiger partial charge in [-0.15, -0.1) is 0 Å². The van der Waals surface area contributed by atoms with Crippen molar-refractivity contribution in [1.82, 2.24) is 0 Å². The molecule has 88 valence electrons. The molecule has 0 spiro atoms. The molecule has 0 saturated heterocycles. The smallest absolute Gasteiger partial charge is 0.222 e. The van der Waals surface area contributed by atoms with Crippen molar-refractivity contribution in [2.45, 2.75) is 58.8 Å². The van der Waals surface area contributed by atoms with Crippen molar-refractivity contribution in [1.29, 1.82) is 10.8 Å². The number of hydrogen-bond donors (Lipinski definition) is 2. The van der Waals surface area contributed by atoms with Crippen LogP contribution >= 0.6 is 0 Å². The van der Waals surface area contributed by atoms with E-state index in [1.54, 1.807) is 0 Å². The topological polar surface area (TPSA) is 81.8 Å². The maximum atomic E-state index is 8.35. The lowest BCUT2D eigenvalue weighted by molar-refractivity contribution is 0.504. The lowest BCUT2D eigenvalue weighted by Crippen LogP contribution is -1.85. The summed E-state index contributed by atoms with van der Waals surface area (Å²) in [4.78, 5) is 16.7. The van der Waals surface area contributed by atoms with Crippen LogP contribution in [0.2, 0.25) is 0 Å². The summed E-state index contributed by atoms with van der Waals surface area (Å²) in [6, 6.07) is 0. The minimum atomic E-state index is 0.750. The number of nitrogens with one attached hydrogen (secondary N) is 2. The Bertz CT molecular complexity index is 130. The summed E-state index contributed by atoms with van der Waals surface area (Å²) in [5, 5.41) is 10.8. The largest absolute Gasteiger partial charge is 0.231 e. The first-order chi connectivity index (χ1) is 7.24. The van der Waals surface area contributed by atoms with Gasteiger partial charge in [-0.1, -0.05) is 58.8 Å². The van der Waals surface area contributed by atoms with E-state index in [1.165, 1.54) is 44.9 Å². The van der Waals surface area contributed by atoms with Gasteiger partial charge in [-0.05, 0) is 0 Å². The Morgan fingerprint density at radius 2 is 0.867 bits per heavy atom. The highest BCUT2D eigenvalue weighted by molar-refractivity contribution is 5.26. The number of hydrogen-bond acceptors (Lipinski definition) is 4. The predicted octanol–water partition coefficient (Wildman–Crippen LogP) is 3.56. The first-order valence-electron chi connectivity index (χ1n) is 5.32. The Kier molecular flexibility index (Phi) is 37.8. The molecule has 0 amide bonds. The third kappa shape index (κ3) is 65.2. The fourth-order valence-electron chi connectivity index (χ4n) is 1.06. The van der Waals surface area contributed by atoms with Gasteiger partial charge < -0.3 is 0 Å². The van der Waals surface area contributed by atoms with Crippen LogP contribution < -0.4 is 0 Å². The van der Waals surface area contributed by atoms with Gasteiger partial charge in [0.25, 0.3) is 0 Å². The number of isocyanates is 2. The van der Waals surface area contributed by atoms with Gasteiger partial charge in [0.15, 0.2) is 0 Å². The summed E-state index contributed by atoms with van der Waals surface area (Å²) in [6.07, 6.45) is 11.8. The lowest BCUT2D eigenvalue weighted by atomic mass is 10.0. The Balaban J connectivity index is -0.000000140. The Morgan fingerprint density at radius 1 is 0.800 bits per heavy atom. The summed E-state index contributed by atoms with van der Waals surface area (Å²) in [7, 11) is 0. The molecule has 0 aromatic heterocycles. The Morgan fingerprint density at radius 3 is 0.933 bits per heavy atom. The standard InChI is InChI=1S/C6H12.C3H8.2CHNO/c1-2-4-6-5-3-1;1-3-2;2*2-1-3/h1-6H2;3H2,1-2H3;2*2H. The Labute approximate surface area is 92.1 Å². The molecule has 0 unspecified atom stereocenters. The molecule has 4 heteroatoms. The molecule has 1 rings (SSSR count). The van der Waals surface area contributed by atoms with E-state index in [1.807, 2.05) is 0 Å². The lowest BCUT2D eigenvalue weighted by Gasteiger charge is -2.05. The first kappa shape index (κ1) is 19.4. The zero-order chi connectivity index (χ0) is 12.4. The third-order valence-corrected chi connectivity index (χ3v) is 1.50. The minimum absolute atomic E-state index is 0.750. The highest BCUT2D eigenvalue weighted by Gasteiger charge is 1.95. The maximum Gasteiger partial charge on any atom is 0.231 e. The fraction of sp³-hybridized carbons (Fsp3) is 0.818. The van der Waals surface area contributed by atoms with Crippen LogP contribution in [-0.2, 0) is 9.59 Å². The summed E-state index contributed by atoms with van der Waals surface area (Å²) in [6.45, 7) is 4.25. The molecule has 0 bridgehead atoms. The number of carbonyl (C=O) groups excluding carboxylic acids is 2. The third-order valence-electron chi connectivity index (χ3n) is 1.50. The molecular formula is C11H22N2O2. The van der Waals surface area contributed by atoms with Gasteiger partial charge >= 0.3 is 0 Å². The van der Waals surface area contributed by atoms with Crippen LogP contribution in [0, 0.1) is 10.8 Å². The van der Waals surface area contributed by atoms with Gasteiger partial charge in [0, 0.05) is 0 Å². The molecule has 1 aliphatic carbocycles. The van der Waals surface area contributed by atoms with E-state index in [-0.39, 0.29) is 0 Å². The van der Waals surface area contributed by atoms with Crippen LogP contribution in [0.1, 0.15) is 58.8 Å². The highest BCUT2D eigenvalue weighted by Crippen LogP contribution is 2.15. The van der Waals surface area contributed by atoms with Crippen LogP contribution in [0.25, 0.3) is 0 Å². The van der Waals surface area contributed by atoms with Crippen LogP contribution in [-0.4, -0.2) is 12.2 Å². The highest BCUT2D eigenvalue weighted by atomic mass is 16.1. The van der Waals surface area contributed by atoms with E-state index < -0.39 is 0 Å². The van der Waals surface area contributed by atoms with E-state index >= 15 is 0 Å². The van der Waals surface area contributed by atoms with Crippen molar-refractivity contribution in [2.24, 2.45) is 0 Å². The van der Waals surface area contributed by atoms with E-state index in [4.69, 9.17) is 20.4 Å². The van der Waals surface area contributed by atoms with Gasteiger partial charge in [-0.2, -0.15) is 0 Å².